The van der Waals surface area contributed by atoms with Crippen molar-refractivity contribution in [2.45, 2.75) is 13.3 Å². The molecule has 0 spiro atoms. The van der Waals surface area contributed by atoms with Crippen LogP contribution < -0.4 is 5.32 Å². The third-order valence-corrected chi connectivity index (χ3v) is 3.25. The summed E-state index contributed by atoms with van der Waals surface area (Å²) in [6, 6.07) is 1.54. The summed E-state index contributed by atoms with van der Waals surface area (Å²) in [6.45, 7) is 6.94. The molecule has 1 saturated heterocycles. The van der Waals surface area contributed by atoms with Crippen LogP contribution >= 0.6 is 0 Å². The van der Waals surface area contributed by atoms with Gasteiger partial charge in [0, 0.05) is 31.9 Å². The van der Waals surface area contributed by atoms with E-state index in [1.807, 2.05) is 0 Å². The van der Waals surface area contributed by atoms with Crippen molar-refractivity contribution in [2.24, 2.45) is 0 Å². The molecule has 1 fully saturated rings. The highest BCUT2D eigenvalue weighted by Crippen LogP contribution is 2.22. The van der Waals surface area contributed by atoms with Crippen LogP contribution in [-0.2, 0) is 4.74 Å². The normalized spacial score (nSPS) is 16.1. The van der Waals surface area contributed by atoms with Crippen molar-refractivity contribution in [2.75, 3.05) is 44.7 Å². The van der Waals surface area contributed by atoms with Crippen molar-refractivity contribution in [3.8, 4) is 0 Å². The van der Waals surface area contributed by atoms with E-state index >= 15 is 0 Å². The van der Waals surface area contributed by atoms with Crippen molar-refractivity contribution >= 4 is 11.5 Å². The number of aromatic nitrogens is 1. The molecule has 1 aliphatic heterocycles. The SMILES string of the molecule is Cc1cnc(NCCCN2CCOCC2)c([N+](=O)[O-])c1. The van der Waals surface area contributed by atoms with E-state index in [1.54, 1.807) is 13.1 Å². The van der Waals surface area contributed by atoms with Gasteiger partial charge in [-0.1, -0.05) is 0 Å². The summed E-state index contributed by atoms with van der Waals surface area (Å²) in [6.07, 6.45) is 2.56. The van der Waals surface area contributed by atoms with Gasteiger partial charge in [-0.3, -0.25) is 15.0 Å². The zero-order valence-electron chi connectivity index (χ0n) is 11.7. The lowest BCUT2D eigenvalue weighted by Crippen LogP contribution is -2.37. The number of nitro groups is 1. The van der Waals surface area contributed by atoms with Gasteiger partial charge >= 0.3 is 5.69 Å². The van der Waals surface area contributed by atoms with Crippen LogP contribution in [0, 0.1) is 17.0 Å². The Morgan fingerprint density at radius 1 is 1.50 bits per heavy atom. The maximum atomic E-state index is 11.0. The topological polar surface area (TPSA) is 80.5 Å². The molecule has 1 N–H and O–H groups in total. The third-order valence-electron chi connectivity index (χ3n) is 3.25. The Hall–Kier alpha value is -1.73. The predicted octanol–water partition coefficient (Wildman–Crippen LogP) is 1.43. The summed E-state index contributed by atoms with van der Waals surface area (Å²) in [7, 11) is 0. The second-order valence-corrected chi connectivity index (χ2v) is 4.87. The van der Waals surface area contributed by atoms with Crippen LogP contribution in [0.1, 0.15) is 12.0 Å². The summed E-state index contributed by atoms with van der Waals surface area (Å²) in [5.41, 5.74) is 0.826. The first-order valence-electron chi connectivity index (χ1n) is 6.82. The second-order valence-electron chi connectivity index (χ2n) is 4.87. The van der Waals surface area contributed by atoms with Gasteiger partial charge in [0.2, 0.25) is 5.82 Å². The van der Waals surface area contributed by atoms with E-state index in [1.165, 1.54) is 6.07 Å². The van der Waals surface area contributed by atoms with Gasteiger partial charge in [-0.15, -0.1) is 0 Å². The van der Waals surface area contributed by atoms with Crippen molar-refractivity contribution in [3.05, 3.63) is 27.9 Å². The Bertz CT molecular complexity index is 461. The molecule has 0 amide bonds. The minimum Gasteiger partial charge on any atom is -0.379 e. The molecule has 2 rings (SSSR count). The Balaban J connectivity index is 1.80. The van der Waals surface area contributed by atoms with Gasteiger partial charge in [-0.25, -0.2) is 4.98 Å². The number of anilines is 1. The van der Waals surface area contributed by atoms with Crippen molar-refractivity contribution in [1.29, 1.82) is 0 Å². The quantitative estimate of drug-likeness (QED) is 0.482. The van der Waals surface area contributed by atoms with Crippen LogP contribution in [0.15, 0.2) is 12.3 Å². The molecule has 1 aromatic rings. The summed E-state index contributed by atoms with van der Waals surface area (Å²) in [4.78, 5) is 17.0. The van der Waals surface area contributed by atoms with E-state index < -0.39 is 4.92 Å². The number of nitrogens with one attached hydrogen (secondary N) is 1. The number of aryl methyl sites for hydroxylation is 1. The van der Waals surface area contributed by atoms with Crippen LogP contribution in [0.2, 0.25) is 0 Å². The van der Waals surface area contributed by atoms with E-state index in [0.717, 1.165) is 44.8 Å². The van der Waals surface area contributed by atoms with Gasteiger partial charge < -0.3 is 10.1 Å². The zero-order chi connectivity index (χ0) is 14.4. The van der Waals surface area contributed by atoms with E-state index in [4.69, 9.17) is 4.74 Å². The van der Waals surface area contributed by atoms with Gasteiger partial charge in [0.05, 0.1) is 18.1 Å². The number of nitrogens with zero attached hydrogens (tertiary/aromatic N) is 3. The fourth-order valence-electron chi connectivity index (χ4n) is 2.16. The van der Waals surface area contributed by atoms with Crippen LogP contribution in [0.5, 0.6) is 0 Å². The van der Waals surface area contributed by atoms with Gasteiger partial charge in [0.1, 0.15) is 0 Å². The Morgan fingerprint density at radius 2 is 2.25 bits per heavy atom. The van der Waals surface area contributed by atoms with Crippen LogP contribution in [0.4, 0.5) is 11.5 Å². The largest absolute Gasteiger partial charge is 0.379 e. The summed E-state index contributed by atoms with van der Waals surface area (Å²) in [5.74, 6) is 0.350. The first-order chi connectivity index (χ1) is 9.66. The monoisotopic (exact) mass is 280 g/mol. The first kappa shape index (κ1) is 14.7. The Labute approximate surface area is 118 Å². The van der Waals surface area contributed by atoms with Crippen molar-refractivity contribution < 1.29 is 9.66 Å². The highest BCUT2D eigenvalue weighted by atomic mass is 16.6. The van der Waals surface area contributed by atoms with Crippen molar-refractivity contribution in [3.63, 3.8) is 0 Å². The molecule has 20 heavy (non-hydrogen) atoms. The minimum atomic E-state index is -0.399. The second kappa shape index (κ2) is 7.16. The van der Waals surface area contributed by atoms with Crippen molar-refractivity contribution in [1.82, 2.24) is 9.88 Å². The lowest BCUT2D eigenvalue weighted by Gasteiger charge is -2.26. The van der Waals surface area contributed by atoms with E-state index in [0.29, 0.717) is 12.4 Å². The average molecular weight is 280 g/mol. The molecule has 0 unspecified atom stereocenters. The van der Waals surface area contributed by atoms with Crippen LogP contribution in [0.3, 0.4) is 0 Å². The zero-order valence-corrected chi connectivity index (χ0v) is 11.7. The fourth-order valence-corrected chi connectivity index (χ4v) is 2.16. The maximum Gasteiger partial charge on any atom is 0.311 e. The molecule has 7 nitrogen and oxygen atoms in total. The Kier molecular flexibility index (Phi) is 5.25. The predicted molar refractivity (Wildman–Crippen MR) is 76.0 cm³/mol. The molecule has 1 aromatic heterocycles. The molecule has 2 heterocycles. The third kappa shape index (κ3) is 4.14. The molecule has 0 saturated carbocycles. The maximum absolute atomic E-state index is 11.0. The molecule has 0 bridgehead atoms. The van der Waals surface area contributed by atoms with E-state index in [9.17, 15) is 10.1 Å². The van der Waals surface area contributed by atoms with Crippen LogP contribution in [-0.4, -0.2) is 54.2 Å². The number of rotatable bonds is 6. The van der Waals surface area contributed by atoms with Gasteiger partial charge in [0.25, 0.3) is 0 Å². The highest BCUT2D eigenvalue weighted by molar-refractivity contribution is 5.56. The number of morpholine rings is 1. The molecule has 7 heteroatoms. The molecule has 110 valence electrons. The summed E-state index contributed by atoms with van der Waals surface area (Å²) in [5, 5.41) is 14.0. The molecule has 0 aliphatic carbocycles. The fraction of sp³-hybridized carbons (Fsp3) is 0.615. The molecule has 0 atom stereocenters. The van der Waals surface area contributed by atoms with Gasteiger partial charge in [-0.05, 0) is 25.5 Å². The molecular formula is C13H20N4O3. The summed E-state index contributed by atoms with van der Waals surface area (Å²) >= 11 is 0. The van der Waals surface area contributed by atoms with E-state index in [2.05, 4.69) is 15.2 Å². The smallest absolute Gasteiger partial charge is 0.311 e. The molecule has 0 radical (unpaired) electrons. The minimum absolute atomic E-state index is 0.0383. The van der Waals surface area contributed by atoms with Crippen LogP contribution in [0.25, 0.3) is 0 Å². The Morgan fingerprint density at radius 3 is 2.95 bits per heavy atom. The molecular weight excluding hydrogens is 260 g/mol. The average Bonchev–Trinajstić information content (AvgIpc) is 2.45. The lowest BCUT2D eigenvalue weighted by molar-refractivity contribution is -0.384. The number of hydrogen-bond donors (Lipinski definition) is 1. The number of hydrogen-bond acceptors (Lipinski definition) is 6. The molecule has 0 aromatic carbocycles. The van der Waals surface area contributed by atoms with E-state index in [-0.39, 0.29) is 5.69 Å². The van der Waals surface area contributed by atoms with Gasteiger partial charge in [0.15, 0.2) is 0 Å². The summed E-state index contributed by atoms with van der Waals surface area (Å²) < 4.78 is 5.29. The van der Waals surface area contributed by atoms with Gasteiger partial charge in [-0.2, -0.15) is 0 Å². The standard InChI is InChI=1S/C13H20N4O3/c1-11-9-12(17(18)19)13(15-10-11)14-3-2-4-16-5-7-20-8-6-16/h9-10H,2-8H2,1H3,(H,14,15). The number of pyridine rings is 1. The first-order valence-corrected chi connectivity index (χ1v) is 6.82. The highest BCUT2D eigenvalue weighted by Gasteiger charge is 2.15. The lowest BCUT2D eigenvalue weighted by atomic mass is 10.3. The number of ether oxygens (including phenoxy) is 1. The molecule has 1 aliphatic rings.